The number of rotatable bonds is 4. The zero-order chi connectivity index (χ0) is 13.0. The summed E-state index contributed by atoms with van der Waals surface area (Å²) in [6.07, 6.45) is 0. The van der Waals surface area contributed by atoms with Crippen molar-refractivity contribution in [3.8, 4) is 0 Å². The number of carboxylic acid groups (broad SMARTS) is 1. The fourth-order valence-electron chi connectivity index (χ4n) is 1.27. The van der Waals surface area contributed by atoms with Crippen LogP contribution in [0.4, 0.5) is 0 Å². The van der Waals surface area contributed by atoms with Gasteiger partial charge in [0, 0.05) is 5.38 Å². The third-order valence-corrected chi connectivity index (χ3v) is 2.75. The van der Waals surface area contributed by atoms with Crippen LogP contribution in [0.15, 0.2) is 29.1 Å². The fourth-order valence-corrected chi connectivity index (χ4v) is 1.82. The van der Waals surface area contributed by atoms with Gasteiger partial charge in [0.1, 0.15) is 11.4 Å². The first-order chi connectivity index (χ1) is 8.66. The van der Waals surface area contributed by atoms with Gasteiger partial charge in [-0.25, -0.2) is 14.8 Å². The fraction of sp³-hybridized carbons (Fsp3) is 0.0909. The molecule has 0 saturated heterocycles. The lowest BCUT2D eigenvalue weighted by Gasteiger charge is -2.03. The van der Waals surface area contributed by atoms with Gasteiger partial charge in [-0.1, -0.05) is 6.07 Å². The molecule has 0 aliphatic carbocycles. The summed E-state index contributed by atoms with van der Waals surface area (Å²) in [6, 6.07) is 4.27. The van der Waals surface area contributed by atoms with Gasteiger partial charge >= 0.3 is 5.97 Å². The summed E-state index contributed by atoms with van der Waals surface area (Å²) >= 11 is 1.44. The van der Waals surface area contributed by atoms with Gasteiger partial charge in [0.2, 0.25) is 0 Å². The van der Waals surface area contributed by atoms with Crippen LogP contribution in [-0.2, 0) is 6.54 Å². The van der Waals surface area contributed by atoms with E-state index in [1.807, 2.05) is 5.38 Å². The van der Waals surface area contributed by atoms with Crippen molar-refractivity contribution in [1.82, 2.24) is 15.3 Å². The molecule has 2 aromatic rings. The Morgan fingerprint density at radius 1 is 1.33 bits per heavy atom. The van der Waals surface area contributed by atoms with E-state index in [0.29, 0.717) is 6.54 Å². The van der Waals surface area contributed by atoms with Crippen LogP contribution in [-0.4, -0.2) is 27.0 Å². The molecule has 2 N–H and O–H groups in total. The first kappa shape index (κ1) is 12.2. The number of carboxylic acids is 1. The Bertz CT molecular complexity index is 569. The summed E-state index contributed by atoms with van der Waals surface area (Å²) in [4.78, 5) is 30.2. The molecule has 6 nitrogen and oxygen atoms in total. The molecule has 1 amide bonds. The van der Waals surface area contributed by atoms with Crippen molar-refractivity contribution in [3.05, 3.63) is 46.2 Å². The second-order valence-corrected chi connectivity index (χ2v) is 4.09. The van der Waals surface area contributed by atoms with E-state index in [-0.39, 0.29) is 11.4 Å². The highest BCUT2D eigenvalue weighted by Crippen LogP contribution is 2.02. The number of nitrogens with one attached hydrogen (secondary N) is 1. The van der Waals surface area contributed by atoms with Crippen molar-refractivity contribution in [2.45, 2.75) is 6.54 Å². The molecule has 0 atom stereocenters. The van der Waals surface area contributed by atoms with Gasteiger partial charge in [0.05, 0.1) is 17.7 Å². The normalized spacial score (nSPS) is 10.0. The van der Waals surface area contributed by atoms with Crippen molar-refractivity contribution in [2.75, 3.05) is 0 Å². The molecule has 2 heterocycles. The lowest BCUT2D eigenvalue weighted by Crippen LogP contribution is -2.24. The molecule has 0 aliphatic heterocycles. The van der Waals surface area contributed by atoms with E-state index in [2.05, 4.69) is 15.3 Å². The third-order valence-electron chi connectivity index (χ3n) is 2.11. The smallest absolute Gasteiger partial charge is 0.354 e. The predicted octanol–water partition coefficient (Wildman–Crippen LogP) is 1.17. The van der Waals surface area contributed by atoms with Crippen LogP contribution in [0.25, 0.3) is 0 Å². The Kier molecular flexibility index (Phi) is 3.63. The van der Waals surface area contributed by atoms with E-state index >= 15 is 0 Å². The van der Waals surface area contributed by atoms with Gasteiger partial charge in [0.25, 0.3) is 5.91 Å². The Morgan fingerprint density at radius 2 is 2.11 bits per heavy atom. The number of carbonyl (C=O) groups excluding carboxylic acids is 1. The van der Waals surface area contributed by atoms with E-state index in [4.69, 9.17) is 5.11 Å². The Hall–Kier alpha value is -2.28. The van der Waals surface area contributed by atoms with Gasteiger partial charge in [-0.3, -0.25) is 4.79 Å². The summed E-state index contributed by atoms with van der Waals surface area (Å²) in [5.41, 5.74) is 2.34. The molecule has 0 unspecified atom stereocenters. The molecule has 2 aromatic heterocycles. The summed E-state index contributed by atoms with van der Waals surface area (Å²) in [5, 5.41) is 13.2. The number of hydrogen-bond acceptors (Lipinski definition) is 5. The Morgan fingerprint density at radius 3 is 2.78 bits per heavy atom. The van der Waals surface area contributed by atoms with E-state index < -0.39 is 11.9 Å². The molecule has 92 valence electrons. The number of thiazole rings is 1. The van der Waals surface area contributed by atoms with Gasteiger partial charge in [-0.05, 0) is 12.1 Å². The molecule has 0 fully saturated rings. The lowest BCUT2D eigenvalue weighted by molar-refractivity contribution is 0.0690. The summed E-state index contributed by atoms with van der Waals surface area (Å²) in [7, 11) is 0. The molecule has 0 radical (unpaired) electrons. The largest absolute Gasteiger partial charge is 0.477 e. The molecular weight excluding hydrogens is 254 g/mol. The summed E-state index contributed by atoms with van der Waals surface area (Å²) < 4.78 is 0. The molecule has 0 aliphatic rings. The average Bonchev–Trinajstić information content (AvgIpc) is 2.89. The minimum Gasteiger partial charge on any atom is -0.477 e. The van der Waals surface area contributed by atoms with Crippen LogP contribution in [0.2, 0.25) is 0 Å². The van der Waals surface area contributed by atoms with Crippen molar-refractivity contribution >= 4 is 23.2 Å². The first-order valence-corrected chi connectivity index (χ1v) is 5.96. The number of pyridine rings is 1. The summed E-state index contributed by atoms with van der Waals surface area (Å²) in [6.45, 7) is 0.293. The number of nitrogens with zero attached hydrogens (tertiary/aromatic N) is 2. The van der Waals surface area contributed by atoms with Gasteiger partial charge < -0.3 is 10.4 Å². The number of amides is 1. The number of carbonyl (C=O) groups is 2. The van der Waals surface area contributed by atoms with Crippen molar-refractivity contribution in [3.63, 3.8) is 0 Å². The highest BCUT2D eigenvalue weighted by atomic mass is 32.1. The Labute approximate surface area is 106 Å². The molecule has 7 heteroatoms. The Balaban J connectivity index is 2.04. The van der Waals surface area contributed by atoms with Crippen molar-refractivity contribution < 1.29 is 14.7 Å². The molecule has 0 aromatic carbocycles. The number of aromatic nitrogens is 2. The number of hydrogen-bond donors (Lipinski definition) is 2. The average molecular weight is 263 g/mol. The minimum absolute atomic E-state index is 0.0742. The maximum atomic E-state index is 11.7. The second-order valence-electron chi connectivity index (χ2n) is 3.38. The highest BCUT2D eigenvalue weighted by Gasteiger charge is 2.11. The summed E-state index contributed by atoms with van der Waals surface area (Å²) in [5.74, 6) is -1.59. The van der Waals surface area contributed by atoms with E-state index in [0.717, 1.165) is 5.69 Å². The highest BCUT2D eigenvalue weighted by molar-refractivity contribution is 7.07. The molecule has 0 bridgehead atoms. The molecule has 18 heavy (non-hydrogen) atoms. The first-order valence-electron chi connectivity index (χ1n) is 5.02. The molecule has 2 rings (SSSR count). The molecular formula is C11H9N3O3S. The van der Waals surface area contributed by atoms with Crippen LogP contribution >= 0.6 is 11.3 Å². The van der Waals surface area contributed by atoms with Gasteiger partial charge in [0.15, 0.2) is 0 Å². The van der Waals surface area contributed by atoms with Gasteiger partial charge in [-0.2, -0.15) is 0 Å². The van der Waals surface area contributed by atoms with E-state index in [1.165, 1.54) is 29.5 Å². The number of aromatic carboxylic acids is 1. The lowest BCUT2D eigenvalue weighted by atomic mass is 10.3. The second kappa shape index (κ2) is 5.37. The molecule has 0 spiro atoms. The van der Waals surface area contributed by atoms with Crippen LogP contribution in [0, 0.1) is 0 Å². The predicted molar refractivity (Wildman–Crippen MR) is 64.5 cm³/mol. The van der Waals surface area contributed by atoms with Crippen LogP contribution in [0.5, 0.6) is 0 Å². The standard InChI is InChI=1S/C11H9N3O3S/c15-10(12-4-7-5-18-6-13-7)8-2-1-3-9(14-8)11(16)17/h1-3,5-6H,4H2,(H,12,15)(H,16,17). The monoisotopic (exact) mass is 263 g/mol. The van der Waals surface area contributed by atoms with E-state index in [1.54, 1.807) is 5.51 Å². The minimum atomic E-state index is -1.16. The SMILES string of the molecule is O=C(O)c1cccc(C(=O)NCc2cscn2)n1. The zero-order valence-electron chi connectivity index (χ0n) is 9.16. The molecule has 0 saturated carbocycles. The van der Waals surface area contributed by atoms with Gasteiger partial charge in [-0.15, -0.1) is 11.3 Å². The topological polar surface area (TPSA) is 92.2 Å². The quantitative estimate of drug-likeness (QED) is 0.863. The maximum Gasteiger partial charge on any atom is 0.354 e. The van der Waals surface area contributed by atoms with Crippen LogP contribution in [0.1, 0.15) is 26.7 Å². The van der Waals surface area contributed by atoms with Crippen molar-refractivity contribution in [1.29, 1.82) is 0 Å². The van der Waals surface area contributed by atoms with Crippen LogP contribution in [0.3, 0.4) is 0 Å². The van der Waals surface area contributed by atoms with Crippen LogP contribution < -0.4 is 5.32 Å². The maximum absolute atomic E-state index is 11.7. The van der Waals surface area contributed by atoms with E-state index in [9.17, 15) is 9.59 Å². The van der Waals surface area contributed by atoms with Crippen molar-refractivity contribution in [2.24, 2.45) is 0 Å². The third kappa shape index (κ3) is 2.89. The zero-order valence-corrected chi connectivity index (χ0v) is 9.98.